The second-order valence-electron chi connectivity index (χ2n) is 4.69. The van der Waals surface area contributed by atoms with E-state index in [-0.39, 0.29) is 29.4 Å². The van der Waals surface area contributed by atoms with Gasteiger partial charge >= 0.3 is 0 Å². The molecular formula is C13H14FN3O2. The van der Waals surface area contributed by atoms with E-state index in [9.17, 15) is 9.18 Å². The van der Waals surface area contributed by atoms with E-state index in [0.29, 0.717) is 13.1 Å². The number of halogens is 1. The number of hydrogen-bond donors (Lipinski definition) is 2. The van der Waals surface area contributed by atoms with Crippen molar-refractivity contribution in [2.75, 3.05) is 25.0 Å². The molecule has 1 fully saturated rings. The van der Waals surface area contributed by atoms with Crippen molar-refractivity contribution in [2.45, 2.75) is 12.5 Å². The molecule has 1 saturated heterocycles. The van der Waals surface area contributed by atoms with E-state index >= 15 is 0 Å². The molecule has 0 radical (unpaired) electrons. The van der Waals surface area contributed by atoms with E-state index in [2.05, 4.69) is 10.6 Å². The molecule has 0 saturated carbocycles. The Bertz CT molecular complexity index is 535. The lowest BCUT2D eigenvalue weighted by Gasteiger charge is -2.38. The highest BCUT2D eigenvalue weighted by Gasteiger charge is 2.33. The number of carbonyl (C=O) groups excluding carboxylic acids is 1. The molecule has 1 aliphatic rings. The first-order valence-corrected chi connectivity index (χ1v) is 5.87. The average molecular weight is 263 g/mol. The molecule has 0 unspecified atom stereocenters. The van der Waals surface area contributed by atoms with Crippen molar-refractivity contribution in [1.29, 1.82) is 5.26 Å². The third-order valence-corrected chi connectivity index (χ3v) is 2.93. The Kier molecular flexibility index (Phi) is 3.79. The Balaban J connectivity index is 1.93. The van der Waals surface area contributed by atoms with Crippen LogP contribution in [0.4, 0.5) is 10.1 Å². The van der Waals surface area contributed by atoms with Gasteiger partial charge in [-0.05, 0) is 25.1 Å². The van der Waals surface area contributed by atoms with Gasteiger partial charge in [0.25, 0.3) is 0 Å². The van der Waals surface area contributed by atoms with Crippen molar-refractivity contribution >= 4 is 11.6 Å². The van der Waals surface area contributed by atoms with E-state index in [0.717, 1.165) is 6.07 Å². The molecule has 0 aliphatic carbocycles. The lowest BCUT2D eigenvalue weighted by Crippen LogP contribution is -2.59. The van der Waals surface area contributed by atoms with Gasteiger partial charge in [0, 0.05) is 13.1 Å². The summed E-state index contributed by atoms with van der Waals surface area (Å²) in [5.41, 5.74) is 0.0670. The van der Waals surface area contributed by atoms with Crippen LogP contribution in [0, 0.1) is 17.1 Å². The second kappa shape index (κ2) is 5.34. The van der Waals surface area contributed by atoms with Crippen LogP contribution in [0.5, 0.6) is 0 Å². The highest BCUT2D eigenvalue weighted by Crippen LogP contribution is 2.17. The Labute approximate surface area is 110 Å². The zero-order chi connectivity index (χ0) is 13.9. The summed E-state index contributed by atoms with van der Waals surface area (Å²) in [6.07, 6.45) is 0. The van der Waals surface area contributed by atoms with Gasteiger partial charge in [0.15, 0.2) is 0 Å². The molecule has 1 amide bonds. The maximum Gasteiger partial charge on any atom is 0.250 e. The number of carbonyl (C=O) groups is 1. The second-order valence-corrected chi connectivity index (χ2v) is 4.69. The number of nitrogens with zero attached hydrogens (tertiary/aromatic N) is 1. The zero-order valence-electron chi connectivity index (χ0n) is 10.5. The van der Waals surface area contributed by atoms with Gasteiger partial charge in [-0.2, -0.15) is 5.26 Å². The summed E-state index contributed by atoms with van der Waals surface area (Å²) in [5, 5.41) is 14.4. The smallest absolute Gasteiger partial charge is 0.250 e. The molecule has 1 heterocycles. The maximum atomic E-state index is 12.9. The number of benzene rings is 1. The molecule has 0 spiro atoms. The maximum absolute atomic E-state index is 12.9. The fraction of sp³-hybridized carbons (Fsp3) is 0.385. The van der Waals surface area contributed by atoms with E-state index < -0.39 is 5.82 Å². The molecule has 0 atom stereocenters. The molecule has 1 aliphatic heterocycles. The Morgan fingerprint density at radius 1 is 1.63 bits per heavy atom. The van der Waals surface area contributed by atoms with Crippen LogP contribution in [-0.2, 0) is 9.53 Å². The van der Waals surface area contributed by atoms with Crippen molar-refractivity contribution in [3.8, 4) is 6.07 Å². The molecule has 0 bridgehead atoms. The first-order chi connectivity index (χ1) is 9.02. The number of amides is 1. The van der Waals surface area contributed by atoms with E-state index in [1.807, 2.05) is 13.0 Å². The summed E-state index contributed by atoms with van der Waals surface area (Å²) >= 11 is 0. The average Bonchev–Trinajstić information content (AvgIpc) is 2.36. The van der Waals surface area contributed by atoms with Crippen LogP contribution in [0.25, 0.3) is 0 Å². The van der Waals surface area contributed by atoms with Crippen LogP contribution in [0.2, 0.25) is 0 Å². The van der Waals surface area contributed by atoms with Crippen LogP contribution >= 0.6 is 0 Å². The molecule has 1 aromatic rings. The molecule has 5 nitrogen and oxygen atoms in total. The van der Waals surface area contributed by atoms with Gasteiger partial charge in [-0.15, -0.1) is 0 Å². The highest BCUT2D eigenvalue weighted by atomic mass is 19.1. The number of nitrogens with one attached hydrogen (secondary N) is 2. The number of rotatable bonds is 4. The van der Waals surface area contributed by atoms with Gasteiger partial charge < -0.3 is 15.4 Å². The van der Waals surface area contributed by atoms with Crippen LogP contribution in [0.1, 0.15) is 12.5 Å². The first-order valence-electron chi connectivity index (χ1n) is 5.87. The third kappa shape index (κ3) is 3.28. The van der Waals surface area contributed by atoms with Gasteiger partial charge in [0.2, 0.25) is 5.91 Å². The first kappa shape index (κ1) is 13.5. The fourth-order valence-electron chi connectivity index (χ4n) is 1.72. The summed E-state index contributed by atoms with van der Waals surface area (Å²) < 4.78 is 18.4. The quantitative estimate of drug-likeness (QED) is 0.850. The molecule has 0 aromatic heterocycles. The normalized spacial score (nSPS) is 16.3. The third-order valence-electron chi connectivity index (χ3n) is 2.93. The van der Waals surface area contributed by atoms with Crippen molar-refractivity contribution < 1.29 is 13.9 Å². The predicted octanol–water partition coefficient (Wildman–Crippen LogP) is 1.01. The summed E-state index contributed by atoms with van der Waals surface area (Å²) in [7, 11) is 0. The van der Waals surface area contributed by atoms with E-state index in [1.54, 1.807) is 0 Å². The van der Waals surface area contributed by atoms with Crippen molar-refractivity contribution in [1.82, 2.24) is 5.32 Å². The van der Waals surface area contributed by atoms with Crippen molar-refractivity contribution in [2.24, 2.45) is 0 Å². The summed E-state index contributed by atoms with van der Waals surface area (Å²) in [6, 6.07) is 5.46. The van der Waals surface area contributed by atoms with Gasteiger partial charge in [0.1, 0.15) is 18.5 Å². The minimum absolute atomic E-state index is 0.0878. The molecule has 2 rings (SSSR count). The fourth-order valence-corrected chi connectivity index (χ4v) is 1.72. The van der Waals surface area contributed by atoms with Crippen LogP contribution in [-0.4, -0.2) is 31.2 Å². The van der Waals surface area contributed by atoms with Gasteiger partial charge in [-0.3, -0.25) is 4.79 Å². The van der Waals surface area contributed by atoms with Gasteiger partial charge in [0.05, 0.1) is 16.9 Å². The lowest BCUT2D eigenvalue weighted by molar-refractivity contribution is -0.130. The molecular weight excluding hydrogens is 249 g/mol. The van der Waals surface area contributed by atoms with Crippen molar-refractivity contribution in [3.63, 3.8) is 0 Å². The monoisotopic (exact) mass is 263 g/mol. The Morgan fingerprint density at radius 2 is 2.37 bits per heavy atom. The lowest BCUT2D eigenvalue weighted by atomic mass is 10.0. The summed E-state index contributed by atoms with van der Waals surface area (Å²) in [5.74, 6) is -0.880. The van der Waals surface area contributed by atoms with Crippen LogP contribution in [0.3, 0.4) is 0 Å². The highest BCUT2D eigenvalue weighted by molar-refractivity contribution is 5.93. The van der Waals surface area contributed by atoms with Gasteiger partial charge in [-0.1, -0.05) is 0 Å². The predicted molar refractivity (Wildman–Crippen MR) is 67.0 cm³/mol. The number of hydrogen-bond acceptors (Lipinski definition) is 4. The molecule has 2 N–H and O–H groups in total. The minimum atomic E-state index is -0.515. The standard InChI is InChI=1S/C13H14FN3O2/c1-13(7-16-8-13)19-6-12(18)17-11-3-2-10(14)4-9(11)5-15/h2-4,16H,6-8H2,1H3,(H,17,18). The SMILES string of the molecule is CC1(OCC(=O)Nc2ccc(F)cc2C#N)CNC1. The molecule has 19 heavy (non-hydrogen) atoms. The summed E-state index contributed by atoms with van der Waals surface area (Å²) in [6.45, 7) is 3.23. The van der Waals surface area contributed by atoms with Gasteiger partial charge in [-0.25, -0.2) is 4.39 Å². The van der Waals surface area contributed by atoms with Crippen molar-refractivity contribution in [3.05, 3.63) is 29.6 Å². The summed E-state index contributed by atoms with van der Waals surface area (Å²) in [4.78, 5) is 11.7. The zero-order valence-corrected chi connectivity index (χ0v) is 10.5. The number of anilines is 1. The van der Waals surface area contributed by atoms with E-state index in [4.69, 9.17) is 10.00 Å². The van der Waals surface area contributed by atoms with E-state index in [1.165, 1.54) is 12.1 Å². The van der Waals surface area contributed by atoms with Crippen LogP contribution in [0.15, 0.2) is 18.2 Å². The van der Waals surface area contributed by atoms with Crippen LogP contribution < -0.4 is 10.6 Å². The Morgan fingerprint density at radius 3 is 2.95 bits per heavy atom. The largest absolute Gasteiger partial charge is 0.363 e. The topological polar surface area (TPSA) is 74.1 Å². The minimum Gasteiger partial charge on any atom is -0.363 e. The molecule has 100 valence electrons. The molecule has 1 aromatic carbocycles. The number of nitriles is 1. The molecule has 6 heteroatoms. The Hall–Kier alpha value is -1.97. The number of ether oxygens (including phenoxy) is 1.